The molecule has 0 aliphatic carbocycles. The Bertz CT molecular complexity index is 1120. The summed E-state index contributed by atoms with van der Waals surface area (Å²) >= 11 is 0. The molecule has 0 radical (unpaired) electrons. The van der Waals surface area contributed by atoms with E-state index in [0.29, 0.717) is 25.7 Å². The number of carboxylic acids is 1. The van der Waals surface area contributed by atoms with E-state index < -0.39 is 35.5 Å². The first-order valence-electron chi connectivity index (χ1n) is 19.4. The number of aliphatic carboxylic acids is 1. The predicted molar refractivity (Wildman–Crippen MR) is 198 cm³/mol. The lowest BCUT2D eigenvalue weighted by molar-refractivity contribution is -0.172. The van der Waals surface area contributed by atoms with E-state index in [0.717, 1.165) is 38.5 Å². The highest BCUT2D eigenvalue weighted by Gasteiger charge is 2.51. The van der Waals surface area contributed by atoms with Crippen LogP contribution in [-0.2, 0) is 19.1 Å². The molecule has 0 amide bonds. The van der Waals surface area contributed by atoms with Crippen molar-refractivity contribution in [3.63, 3.8) is 0 Å². The van der Waals surface area contributed by atoms with E-state index in [1.165, 1.54) is 6.08 Å². The number of hydrogen-bond donors (Lipinski definition) is 5. The second-order valence-electron chi connectivity index (χ2n) is 17.1. The first-order valence-corrected chi connectivity index (χ1v) is 19.4. The number of ketones is 1. The van der Waals surface area contributed by atoms with Crippen molar-refractivity contribution in [2.75, 3.05) is 0 Å². The number of carboxylic acid groups (broad SMARTS) is 1. The molecule has 14 atom stereocenters. The van der Waals surface area contributed by atoms with Crippen LogP contribution in [0.3, 0.4) is 0 Å². The molecule has 50 heavy (non-hydrogen) atoms. The molecule has 0 aromatic carbocycles. The van der Waals surface area contributed by atoms with Crippen LogP contribution in [0.2, 0.25) is 0 Å². The summed E-state index contributed by atoms with van der Waals surface area (Å²) in [5, 5.41) is 51.9. The van der Waals surface area contributed by atoms with Crippen LogP contribution in [0, 0.1) is 41.4 Å². The van der Waals surface area contributed by atoms with Crippen molar-refractivity contribution in [2.45, 2.75) is 182 Å². The third kappa shape index (κ3) is 13.6. The number of ether oxygens (including phenoxy) is 2. The zero-order chi connectivity index (χ0) is 38.0. The number of carbonyl (C=O) groups excluding carboxylic acids is 1. The van der Waals surface area contributed by atoms with Gasteiger partial charge in [0.05, 0.1) is 47.5 Å². The van der Waals surface area contributed by atoms with Crippen LogP contribution >= 0.6 is 0 Å². The van der Waals surface area contributed by atoms with E-state index in [1.54, 1.807) is 6.92 Å². The lowest BCUT2D eigenvalue weighted by Crippen LogP contribution is -2.44. The van der Waals surface area contributed by atoms with Gasteiger partial charge in [0.2, 0.25) is 0 Å². The summed E-state index contributed by atoms with van der Waals surface area (Å²) in [4.78, 5) is 23.7. The van der Waals surface area contributed by atoms with Gasteiger partial charge in [-0.2, -0.15) is 0 Å². The number of hydrogen-bond acceptors (Lipinski definition) is 8. The lowest BCUT2D eigenvalue weighted by Gasteiger charge is -2.35. The van der Waals surface area contributed by atoms with Crippen molar-refractivity contribution in [1.82, 2.24) is 0 Å². The predicted octanol–water partition coefficient (Wildman–Crippen LogP) is 7.80. The maximum Gasteiger partial charge on any atom is 0.303 e. The number of aliphatic hydroxyl groups is 4. The lowest BCUT2D eigenvalue weighted by atomic mass is 9.85. The average molecular weight is 709 g/mol. The fourth-order valence-electron chi connectivity index (χ4n) is 8.02. The second kappa shape index (κ2) is 19.9. The highest BCUT2D eigenvalue weighted by molar-refractivity contribution is 5.91. The Morgan fingerprint density at radius 2 is 1.46 bits per heavy atom. The highest BCUT2D eigenvalue weighted by Crippen LogP contribution is 2.45. The van der Waals surface area contributed by atoms with E-state index in [-0.39, 0.29) is 71.6 Å². The summed E-state index contributed by atoms with van der Waals surface area (Å²) in [5.74, 6) is -0.810. The van der Waals surface area contributed by atoms with Crippen molar-refractivity contribution in [2.24, 2.45) is 41.4 Å². The van der Waals surface area contributed by atoms with Crippen molar-refractivity contribution in [1.29, 1.82) is 0 Å². The first kappa shape index (κ1) is 44.4. The fourth-order valence-corrected chi connectivity index (χ4v) is 8.02. The molecule has 2 aliphatic heterocycles. The summed E-state index contributed by atoms with van der Waals surface area (Å²) in [7, 11) is 0. The van der Waals surface area contributed by atoms with E-state index in [1.807, 2.05) is 40.7 Å². The highest BCUT2D eigenvalue weighted by atomic mass is 16.6. The van der Waals surface area contributed by atoms with Gasteiger partial charge in [0.1, 0.15) is 0 Å². The van der Waals surface area contributed by atoms with E-state index in [4.69, 9.17) is 14.6 Å². The van der Waals surface area contributed by atoms with Gasteiger partial charge in [-0.15, -0.1) is 0 Å². The van der Waals surface area contributed by atoms with Crippen LogP contribution in [0.4, 0.5) is 0 Å². The molecule has 0 aromatic heterocycles. The zero-order valence-corrected chi connectivity index (χ0v) is 32.8. The molecule has 5 N–H and O–H groups in total. The molecule has 0 unspecified atom stereocenters. The number of rotatable bonds is 22. The van der Waals surface area contributed by atoms with Crippen molar-refractivity contribution < 1.29 is 44.6 Å². The van der Waals surface area contributed by atoms with Gasteiger partial charge in [0.25, 0.3) is 0 Å². The van der Waals surface area contributed by atoms with Crippen LogP contribution in [0.25, 0.3) is 0 Å². The Balaban J connectivity index is 1.77. The monoisotopic (exact) mass is 709 g/mol. The molecule has 2 heterocycles. The summed E-state index contributed by atoms with van der Waals surface area (Å²) in [6, 6.07) is 0. The fraction of sp³-hybridized carbons (Fsp3) is 0.854. The van der Waals surface area contributed by atoms with Gasteiger partial charge in [-0.1, -0.05) is 60.6 Å². The van der Waals surface area contributed by atoms with Crippen LogP contribution in [0.15, 0.2) is 24.0 Å². The SMILES string of the molecule is C[C@H](C/C=C/[C@H](C)[C@H](O)[C@H](C)[C@@H](O)C[C@H]1CC[C@](C)([C@H]2CC[C@@](C)([C@@H](C)O)O2)O1)C[C@@H](C)/C(O)=C\C(=O)[C@@H](C)C[C@@H](C)C[C@@H](C)CCC(=O)O. The Morgan fingerprint density at radius 3 is 2.06 bits per heavy atom. The molecule has 2 aliphatic rings. The smallest absolute Gasteiger partial charge is 0.303 e. The zero-order valence-electron chi connectivity index (χ0n) is 32.8. The first-order chi connectivity index (χ1) is 23.2. The van der Waals surface area contributed by atoms with E-state index >= 15 is 0 Å². The summed E-state index contributed by atoms with van der Waals surface area (Å²) < 4.78 is 12.7. The van der Waals surface area contributed by atoms with E-state index in [2.05, 4.69) is 33.8 Å². The maximum absolute atomic E-state index is 12.8. The third-order valence-corrected chi connectivity index (χ3v) is 11.9. The standard InChI is InChI=1S/C41H72O9/c1-25(21-29(5)34(43)24-35(44)30(6)22-27(3)20-26(2)14-15-38(46)47)12-11-13-28(4)39(48)31(7)36(45)23-33-16-18-41(10,49-33)37-17-19-40(9,50-37)32(8)42/h11,13,24-33,36-37,39,42-43,45,48H,12,14-23H2,1-10H3,(H,46,47)/b13-11+,34-24+/t25-,26+,27+,28+,29-,30+,31-,32-,33-,36+,37-,39+,40+,41-/m1/s1. The Labute approximate surface area is 302 Å². The molecule has 2 rings (SSSR count). The Hall–Kier alpha value is -1.78. The molecular formula is C41H72O9. The second-order valence-corrected chi connectivity index (χ2v) is 17.1. The van der Waals surface area contributed by atoms with Crippen molar-refractivity contribution in [3.05, 3.63) is 24.0 Å². The van der Waals surface area contributed by atoms with Crippen molar-refractivity contribution >= 4 is 11.8 Å². The molecule has 0 saturated carbocycles. The maximum atomic E-state index is 12.8. The quantitative estimate of drug-likeness (QED) is 0.0431. The molecule has 9 nitrogen and oxygen atoms in total. The average Bonchev–Trinajstić information content (AvgIpc) is 3.63. The third-order valence-electron chi connectivity index (χ3n) is 11.9. The van der Waals surface area contributed by atoms with Crippen LogP contribution in [0.5, 0.6) is 0 Å². The molecular weight excluding hydrogens is 636 g/mol. The minimum atomic E-state index is -0.781. The van der Waals surface area contributed by atoms with Gasteiger partial charge in [0.15, 0.2) is 5.78 Å². The van der Waals surface area contributed by atoms with Gasteiger partial charge in [-0.3, -0.25) is 9.59 Å². The molecule has 0 aromatic rings. The summed E-state index contributed by atoms with van der Waals surface area (Å²) in [6.45, 7) is 19.7. The molecule has 290 valence electrons. The van der Waals surface area contributed by atoms with Gasteiger partial charge >= 0.3 is 5.97 Å². The number of allylic oxidation sites excluding steroid dienone is 3. The minimum absolute atomic E-state index is 0.0809. The normalized spacial score (nSPS) is 30.7. The summed E-state index contributed by atoms with van der Waals surface area (Å²) in [5.41, 5.74) is -1.01. The largest absolute Gasteiger partial charge is 0.512 e. The van der Waals surface area contributed by atoms with Crippen molar-refractivity contribution in [3.8, 4) is 0 Å². The molecule has 2 fully saturated rings. The van der Waals surface area contributed by atoms with Crippen LogP contribution in [0.1, 0.15) is 140 Å². The topological polar surface area (TPSA) is 154 Å². The molecule has 2 saturated heterocycles. The number of carbonyl (C=O) groups is 2. The Morgan fingerprint density at radius 1 is 0.820 bits per heavy atom. The number of aliphatic hydroxyl groups excluding tert-OH is 4. The van der Waals surface area contributed by atoms with Gasteiger partial charge in [-0.05, 0) is 103 Å². The van der Waals surface area contributed by atoms with Crippen LogP contribution in [-0.4, -0.2) is 79.0 Å². The summed E-state index contributed by atoms with van der Waals surface area (Å²) in [6.07, 6.45) is 10.8. The van der Waals surface area contributed by atoms with Gasteiger partial charge < -0.3 is 35.0 Å². The van der Waals surface area contributed by atoms with Gasteiger partial charge in [0, 0.05) is 36.2 Å². The van der Waals surface area contributed by atoms with Gasteiger partial charge in [-0.25, -0.2) is 0 Å². The molecule has 0 bridgehead atoms. The van der Waals surface area contributed by atoms with Crippen LogP contribution < -0.4 is 0 Å². The molecule has 9 heteroatoms. The molecule has 0 spiro atoms. The van der Waals surface area contributed by atoms with E-state index in [9.17, 15) is 30.0 Å². The Kier molecular flexibility index (Phi) is 17.7. The minimum Gasteiger partial charge on any atom is -0.512 e.